The van der Waals surface area contributed by atoms with Crippen molar-refractivity contribution in [2.24, 2.45) is 0 Å². The molecule has 162 valence electrons. The van der Waals surface area contributed by atoms with E-state index in [2.05, 4.69) is 42.0 Å². The molecule has 0 saturated carbocycles. The maximum Gasteiger partial charge on any atom is 0.231 e. The summed E-state index contributed by atoms with van der Waals surface area (Å²) in [7, 11) is 3.40. The fourth-order valence-electron chi connectivity index (χ4n) is 4.92. The number of ether oxygens (including phenoxy) is 4. The molecule has 0 atom stereocenters. The van der Waals surface area contributed by atoms with Gasteiger partial charge in [-0.25, -0.2) is 0 Å². The Balaban J connectivity index is 1.72. The Hall–Kier alpha value is -2.95. The first-order chi connectivity index (χ1) is 15.2. The lowest BCUT2D eigenvalue weighted by molar-refractivity contribution is -0.686. The molecule has 3 aromatic rings. The number of unbranched alkanes of at least 4 members (excludes halogenated alkanes) is 3. The van der Waals surface area contributed by atoms with Gasteiger partial charge in [0.1, 0.15) is 0 Å². The zero-order valence-corrected chi connectivity index (χ0v) is 18.6. The molecule has 0 fully saturated rings. The molecule has 0 N–H and O–H groups in total. The van der Waals surface area contributed by atoms with Crippen LogP contribution in [-0.2, 0) is 19.4 Å². The monoisotopic (exact) mass is 420 g/mol. The van der Waals surface area contributed by atoms with Crippen LogP contribution in [0.3, 0.4) is 0 Å². The van der Waals surface area contributed by atoms with Gasteiger partial charge in [0.25, 0.3) is 0 Å². The van der Waals surface area contributed by atoms with Crippen LogP contribution < -0.4 is 23.5 Å². The molecule has 0 radical (unpaired) electrons. The lowest BCUT2D eigenvalue weighted by Crippen LogP contribution is -2.41. The predicted molar refractivity (Wildman–Crippen MR) is 120 cm³/mol. The normalized spacial score (nSPS) is 13.8. The molecular formula is C26H30NO4+. The Morgan fingerprint density at radius 1 is 0.935 bits per heavy atom. The first-order valence-corrected chi connectivity index (χ1v) is 11.3. The highest BCUT2D eigenvalue weighted by atomic mass is 16.7. The summed E-state index contributed by atoms with van der Waals surface area (Å²) in [5, 5.41) is 2.43. The largest absolute Gasteiger partial charge is 0.493 e. The van der Waals surface area contributed by atoms with Crippen molar-refractivity contribution in [3.05, 3.63) is 41.6 Å². The van der Waals surface area contributed by atoms with Gasteiger partial charge >= 0.3 is 0 Å². The second-order valence-electron chi connectivity index (χ2n) is 8.37. The smallest absolute Gasteiger partial charge is 0.231 e. The fraction of sp³-hybridized carbons (Fsp3) is 0.423. The molecule has 2 aliphatic heterocycles. The molecule has 3 heterocycles. The fourth-order valence-corrected chi connectivity index (χ4v) is 4.92. The summed E-state index contributed by atoms with van der Waals surface area (Å²) in [5.41, 5.74) is 5.28. The molecule has 5 heteroatoms. The highest BCUT2D eigenvalue weighted by molar-refractivity contribution is 5.91. The predicted octanol–water partition coefficient (Wildman–Crippen LogP) is 5.22. The topological polar surface area (TPSA) is 40.8 Å². The highest BCUT2D eigenvalue weighted by Gasteiger charge is 2.31. The Morgan fingerprint density at radius 3 is 2.48 bits per heavy atom. The average Bonchev–Trinajstić information content (AvgIpc) is 3.26. The number of methoxy groups -OCH3 is 2. The van der Waals surface area contributed by atoms with Gasteiger partial charge in [0.05, 0.1) is 19.8 Å². The SMILES string of the molecule is CCCCCCc1c2[n+](cc3cc(OC)c(OC)cc13)CCc1cc3c(cc1-2)OCO3. The average molecular weight is 421 g/mol. The van der Waals surface area contributed by atoms with Gasteiger partial charge in [-0.15, -0.1) is 0 Å². The number of hydrogen-bond donors (Lipinski definition) is 0. The minimum Gasteiger partial charge on any atom is -0.493 e. The van der Waals surface area contributed by atoms with E-state index in [4.69, 9.17) is 18.9 Å². The van der Waals surface area contributed by atoms with Crippen molar-refractivity contribution in [3.63, 3.8) is 0 Å². The van der Waals surface area contributed by atoms with E-state index in [-0.39, 0.29) is 0 Å². The summed E-state index contributed by atoms with van der Waals surface area (Å²) >= 11 is 0. The van der Waals surface area contributed by atoms with Crippen molar-refractivity contribution in [3.8, 4) is 34.3 Å². The van der Waals surface area contributed by atoms with E-state index in [1.54, 1.807) is 14.2 Å². The van der Waals surface area contributed by atoms with E-state index in [1.165, 1.54) is 58.8 Å². The van der Waals surface area contributed by atoms with Crippen LogP contribution in [0.1, 0.15) is 43.7 Å². The number of rotatable bonds is 7. The van der Waals surface area contributed by atoms with Crippen molar-refractivity contribution < 1.29 is 23.5 Å². The van der Waals surface area contributed by atoms with Gasteiger partial charge in [0.15, 0.2) is 35.7 Å². The third-order valence-corrected chi connectivity index (χ3v) is 6.50. The van der Waals surface area contributed by atoms with E-state index >= 15 is 0 Å². The van der Waals surface area contributed by atoms with Crippen molar-refractivity contribution in [1.29, 1.82) is 0 Å². The van der Waals surface area contributed by atoms with Crippen LogP contribution in [-0.4, -0.2) is 21.0 Å². The van der Waals surface area contributed by atoms with Crippen molar-refractivity contribution >= 4 is 10.8 Å². The molecule has 0 unspecified atom stereocenters. The summed E-state index contributed by atoms with van der Waals surface area (Å²) < 4.78 is 25.0. The van der Waals surface area contributed by atoms with Crippen molar-refractivity contribution in [2.45, 2.75) is 52.0 Å². The van der Waals surface area contributed by atoms with Gasteiger partial charge in [0.2, 0.25) is 12.5 Å². The highest BCUT2D eigenvalue weighted by Crippen LogP contribution is 2.43. The van der Waals surface area contributed by atoms with E-state index < -0.39 is 0 Å². The minimum atomic E-state index is 0.302. The number of benzene rings is 2. The summed E-state index contributed by atoms with van der Waals surface area (Å²) in [5.74, 6) is 3.25. The summed E-state index contributed by atoms with van der Waals surface area (Å²) in [6, 6.07) is 8.59. The Bertz CT molecular complexity index is 1140. The number of aryl methyl sites for hydroxylation is 3. The van der Waals surface area contributed by atoms with Gasteiger partial charge in [-0.2, -0.15) is 4.57 Å². The van der Waals surface area contributed by atoms with Gasteiger partial charge in [-0.1, -0.05) is 26.2 Å². The van der Waals surface area contributed by atoms with Crippen LogP contribution in [0.4, 0.5) is 0 Å². The summed E-state index contributed by atoms with van der Waals surface area (Å²) in [6.45, 7) is 3.51. The number of fused-ring (bicyclic) bond motifs is 5. The first kappa shape index (κ1) is 20.0. The molecule has 0 saturated heterocycles. The molecule has 5 rings (SSSR count). The molecule has 1 aromatic heterocycles. The molecule has 5 nitrogen and oxygen atoms in total. The van der Waals surface area contributed by atoms with Crippen LogP contribution in [0, 0.1) is 0 Å². The van der Waals surface area contributed by atoms with Crippen LogP contribution in [0.15, 0.2) is 30.5 Å². The molecule has 31 heavy (non-hydrogen) atoms. The van der Waals surface area contributed by atoms with Gasteiger partial charge in [0, 0.05) is 22.8 Å². The van der Waals surface area contributed by atoms with E-state index in [9.17, 15) is 0 Å². The third kappa shape index (κ3) is 3.46. The number of hydrogen-bond acceptors (Lipinski definition) is 4. The van der Waals surface area contributed by atoms with E-state index in [1.807, 2.05) is 0 Å². The number of pyridine rings is 1. The van der Waals surface area contributed by atoms with Crippen LogP contribution in [0.2, 0.25) is 0 Å². The Kier molecular flexibility index (Phi) is 5.34. The van der Waals surface area contributed by atoms with E-state index in [0.29, 0.717) is 6.79 Å². The maximum absolute atomic E-state index is 5.72. The number of aromatic nitrogens is 1. The van der Waals surface area contributed by atoms with Crippen LogP contribution in [0.5, 0.6) is 23.0 Å². The van der Waals surface area contributed by atoms with Gasteiger partial charge < -0.3 is 18.9 Å². The molecule has 0 bridgehead atoms. The molecule has 2 aromatic carbocycles. The zero-order valence-electron chi connectivity index (χ0n) is 18.6. The minimum absolute atomic E-state index is 0.302. The van der Waals surface area contributed by atoms with Crippen LogP contribution >= 0.6 is 0 Å². The van der Waals surface area contributed by atoms with Gasteiger partial charge in [-0.05, 0) is 42.7 Å². The Morgan fingerprint density at radius 2 is 1.71 bits per heavy atom. The lowest BCUT2D eigenvalue weighted by atomic mass is 9.89. The number of nitrogens with zero attached hydrogens (tertiary/aromatic N) is 1. The third-order valence-electron chi connectivity index (χ3n) is 6.50. The molecule has 0 aliphatic carbocycles. The second kappa shape index (κ2) is 8.29. The zero-order chi connectivity index (χ0) is 21.4. The van der Waals surface area contributed by atoms with Gasteiger partial charge in [-0.3, -0.25) is 0 Å². The second-order valence-corrected chi connectivity index (χ2v) is 8.37. The van der Waals surface area contributed by atoms with Crippen LogP contribution in [0.25, 0.3) is 22.0 Å². The molecular weight excluding hydrogens is 390 g/mol. The molecule has 0 amide bonds. The van der Waals surface area contributed by atoms with Crippen molar-refractivity contribution in [2.75, 3.05) is 21.0 Å². The van der Waals surface area contributed by atoms with E-state index in [0.717, 1.165) is 42.4 Å². The van der Waals surface area contributed by atoms with Crippen molar-refractivity contribution in [1.82, 2.24) is 0 Å². The molecule has 0 spiro atoms. The molecule has 2 aliphatic rings. The quantitative estimate of drug-likeness (QED) is 0.388. The lowest BCUT2D eigenvalue weighted by Gasteiger charge is -2.20. The maximum atomic E-state index is 5.72. The summed E-state index contributed by atoms with van der Waals surface area (Å²) in [4.78, 5) is 0. The first-order valence-electron chi connectivity index (χ1n) is 11.3. The summed E-state index contributed by atoms with van der Waals surface area (Å²) in [6.07, 6.45) is 9.21. The standard InChI is InChI=1S/C26H30NO4/c1-4-5-6-7-8-19-20-13-23(29-3)22(28-2)12-18(20)15-27-10-9-17-11-24-25(31-16-30-24)14-21(17)26(19)27/h11-15H,4-10,16H2,1-3H3/q+1. The Labute approximate surface area is 183 Å².